The van der Waals surface area contributed by atoms with E-state index in [1.54, 1.807) is 0 Å². The minimum Gasteiger partial charge on any atom is -0.411 e. The van der Waals surface area contributed by atoms with Gasteiger partial charge in [-0.2, -0.15) is 0 Å². The Hall–Kier alpha value is -0.0700. The maximum Gasteiger partial charge on any atom is 1.00 e. The molecule has 1 aliphatic heterocycles. The Balaban J connectivity index is 0.00000612. The van der Waals surface area contributed by atoms with Gasteiger partial charge in [0.25, 0.3) is 0 Å². The first kappa shape index (κ1) is 33.0. The molecule has 0 radical (unpaired) electrons. The maximum absolute atomic E-state index is 10.7. The Morgan fingerprint density at radius 1 is 1.06 bits per heavy atom. The third-order valence-electron chi connectivity index (χ3n) is 5.60. The summed E-state index contributed by atoms with van der Waals surface area (Å²) < 4.78 is 10.7. The second-order valence-electron chi connectivity index (χ2n) is 8.24. The zero-order valence-electron chi connectivity index (χ0n) is 19.5. The molecule has 14 heteroatoms. The smallest absolute Gasteiger partial charge is 0.411 e. The Bertz CT molecular complexity index is 777. The molecule has 0 saturated carbocycles. The Morgan fingerprint density at radius 2 is 1.66 bits per heavy atom. The molecule has 1 heterocycles. The van der Waals surface area contributed by atoms with Gasteiger partial charge in [-0.1, -0.05) is 34.1 Å². The molecule has 35 heavy (non-hydrogen) atoms. The summed E-state index contributed by atoms with van der Waals surface area (Å²) >= 11 is 10.2. The van der Waals surface area contributed by atoms with Crippen LogP contribution in [0.2, 0.25) is 0 Å². The number of rotatable bonds is 11. The largest absolute Gasteiger partial charge is 1.00 e. The quantitative estimate of drug-likeness (QED) is 0.0748. The SMILES string of the molecule is Cc1ccc(CN(CC(O)C(O)C(O[C@@H]2O[C@H](CO)[C@H](O)[C@H](O)[C@H]2O)C(O)CO)C(=S)[S-])cc1.[Na+]. The minimum atomic E-state index is -1.82. The molecule has 0 aromatic heterocycles. The van der Waals surface area contributed by atoms with Gasteiger partial charge < -0.3 is 80.1 Å². The number of ether oxygens (including phenoxy) is 2. The van der Waals surface area contributed by atoms with Gasteiger partial charge in [0.05, 0.1) is 19.3 Å². The molecule has 1 fully saturated rings. The van der Waals surface area contributed by atoms with E-state index in [0.29, 0.717) is 0 Å². The van der Waals surface area contributed by atoms with Crippen molar-refractivity contribution in [2.24, 2.45) is 0 Å². The van der Waals surface area contributed by atoms with E-state index >= 15 is 0 Å². The molecule has 8 N–H and O–H groups in total. The molecule has 2 rings (SSSR count). The van der Waals surface area contributed by atoms with Gasteiger partial charge in [-0.3, -0.25) is 0 Å². The monoisotopic (exact) mass is 545 g/mol. The average Bonchev–Trinajstić information content (AvgIpc) is 2.82. The zero-order chi connectivity index (χ0) is 25.6. The Labute approximate surface area is 236 Å². The van der Waals surface area contributed by atoms with Crippen LogP contribution in [0.25, 0.3) is 0 Å². The van der Waals surface area contributed by atoms with Gasteiger partial charge in [-0.05, 0) is 12.5 Å². The molecule has 0 spiro atoms. The molecular formula is C21H32NNaO10S2. The van der Waals surface area contributed by atoms with Crippen LogP contribution in [0.3, 0.4) is 0 Å². The summed E-state index contributed by atoms with van der Waals surface area (Å²) in [5, 5.41) is 80.3. The van der Waals surface area contributed by atoms with Gasteiger partial charge in [-0.25, -0.2) is 0 Å². The van der Waals surface area contributed by atoms with Crippen molar-refractivity contribution in [3.05, 3.63) is 35.4 Å². The topological polar surface area (TPSA) is 184 Å². The van der Waals surface area contributed by atoms with Crippen LogP contribution >= 0.6 is 12.2 Å². The van der Waals surface area contributed by atoms with E-state index in [4.69, 9.17) is 34.3 Å². The molecule has 1 aliphatic rings. The summed E-state index contributed by atoms with van der Waals surface area (Å²) in [6.45, 7) is 0.338. The minimum absolute atomic E-state index is 0. The summed E-state index contributed by atoms with van der Waals surface area (Å²) in [7, 11) is 0. The molecule has 1 aromatic carbocycles. The van der Waals surface area contributed by atoms with Crippen molar-refractivity contribution < 1.29 is 79.9 Å². The molecule has 9 atom stereocenters. The van der Waals surface area contributed by atoms with E-state index in [2.05, 4.69) is 0 Å². The van der Waals surface area contributed by atoms with E-state index in [9.17, 15) is 40.9 Å². The van der Waals surface area contributed by atoms with Crippen LogP contribution in [0.4, 0.5) is 0 Å². The maximum atomic E-state index is 10.7. The molecule has 4 unspecified atom stereocenters. The normalized spacial score (nSPS) is 27.9. The summed E-state index contributed by atoms with van der Waals surface area (Å²) in [6, 6.07) is 7.51. The third kappa shape index (κ3) is 9.02. The zero-order valence-corrected chi connectivity index (χ0v) is 23.1. The van der Waals surface area contributed by atoms with Gasteiger partial charge >= 0.3 is 29.6 Å². The number of aliphatic hydroxyl groups is 8. The number of benzene rings is 1. The average molecular weight is 546 g/mol. The number of hydrogen-bond donors (Lipinski definition) is 8. The number of hydrogen-bond acceptors (Lipinski definition) is 12. The number of aliphatic hydroxyl groups excluding tert-OH is 8. The fourth-order valence-electron chi connectivity index (χ4n) is 3.51. The standard InChI is InChI=1S/C21H33NO10S2.Na/c1-10-2-4-11(5-3-10)6-22(21(33)34)7-12(25)15(27)19(13(26)8-23)32-20-18(30)17(29)16(28)14(9-24)31-20;/h2-5,12-20,23-30H,6-9H2,1H3,(H,33,34);/q;+1/p-1/t12?,13?,14-,15?,16+,17+,18-,19?,20+;/m1./s1. The predicted octanol–water partition coefficient (Wildman–Crippen LogP) is -6.11. The van der Waals surface area contributed by atoms with Crippen molar-refractivity contribution in [3.8, 4) is 0 Å². The van der Waals surface area contributed by atoms with Crippen LogP contribution in [-0.2, 0) is 28.6 Å². The van der Waals surface area contributed by atoms with E-state index in [1.807, 2.05) is 31.2 Å². The van der Waals surface area contributed by atoms with Gasteiger partial charge in [0.2, 0.25) is 0 Å². The van der Waals surface area contributed by atoms with Crippen molar-refractivity contribution >= 4 is 29.2 Å². The van der Waals surface area contributed by atoms with E-state index < -0.39 is 68.3 Å². The van der Waals surface area contributed by atoms with E-state index in [0.717, 1.165) is 11.1 Å². The number of nitrogens with zero attached hydrogens (tertiary/aromatic N) is 1. The van der Waals surface area contributed by atoms with Crippen LogP contribution < -0.4 is 29.6 Å². The second kappa shape index (κ2) is 15.4. The van der Waals surface area contributed by atoms with E-state index in [1.165, 1.54) is 4.90 Å². The molecular weight excluding hydrogens is 513 g/mol. The first-order valence-corrected chi connectivity index (χ1v) is 11.4. The van der Waals surface area contributed by atoms with Crippen molar-refractivity contribution in [1.29, 1.82) is 0 Å². The van der Waals surface area contributed by atoms with Gasteiger partial charge in [0.1, 0.15) is 42.7 Å². The molecule has 0 aliphatic carbocycles. The summed E-state index contributed by atoms with van der Waals surface area (Å²) in [4.78, 5) is 1.46. The Morgan fingerprint density at radius 3 is 2.17 bits per heavy atom. The van der Waals surface area contributed by atoms with Gasteiger partial charge in [0, 0.05) is 13.1 Å². The van der Waals surface area contributed by atoms with Crippen LogP contribution in [0.5, 0.6) is 0 Å². The van der Waals surface area contributed by atoms with Crippen LogP contribution in [0, 0.1) is 6.92 Å². The Kier molecular flexibility index (Phi) is 14.5. The fraction of sp³-hybridized carbons (Fsp3) is 0.667. The van der Waals surface area contributed by atoms with Crippen molar-refractivity contribution in [3.63, 3.8) is 0 Å². The first-order chi connectivity index (χ1) is 16.0. The first-order valence-electron chi connectivity index (χ1n) is 10.6. The summed E-state index contributed by atoms with van der Waals surface area (Å²) in [6.07, 6.45) is -15.0. The van der Waals surface area contributed by atoms with Gasteiger partial charge in [-0.15, -0.1) is 0 Å². The summed E-state index contributed by atoms with van der Waals surface area (Å²) in [5.41, 5.74) is 1.90. The van der Waals surface area contributed by atoms with Crippen LogP contribution in [0.1, 0.15) is 11.1 Å². The molecule has 0 bridgehead atoms. The fourth-order valence-corrected chi connectivity index (χ4v) is 3.79. The number of aryl methyl sites for hydroxylation is 1. The molecule has 194 valence electrons. The van der Waals surface area contributed by atoms with E-state index in [-0.39, 0.29) is 47.0 Å². The molecule has 1 aromatic rings. The molecule has 1 saturated heterocycles. The third-order valence-corrected chi connectivity index (χ3v) is 6.11. The molecule has 0 amide bonds. The van der Waals surface area contributed by atoms with Crippen LogP contribution in [0.15, 0.2) is 24.3 Å². The second-order valence-corrected chi connectivity index (χ2v) is 9.27. The van der Waals surface area contributed by atoms with Crippen molar-refractivity contribution in [1.82, 2.24) is 4.90 Å². The predicted molar refractivity (Wildman–Crippen MR) is 125 cm³/mol. The van der Waals surface area contributed by atoms with Crippen molar-refractivity contribution in [2.75, 3.05) is 19.8 Å². The summed E-state index contributed by atoms with van der Waals surface area (Å²) in [5.74, 6) is 0. The van der Waals surface area contributed by atoms with Crippen LogP contribution in [-0.4, -0.2) is 125 Å². The molecule has 11 nitrogen and oxygen atoms in total. The van der Waals surface area contributed by atoms with Crippen molar-refractivity contribution in [2.45, 2.75) is 68.6 Å². The van der Waals surface area contributed by atoms with Gasteiger partial charge in [0.15, 0.2) is 6.29 Å². The number of thiocarbonyl (C=S) groups is 1.